The maximum atomic E-state index is 12.2. The average Bonchev–Trinajstić information content (AvgIpc) is 3.84. The van der Waals surface area contributed by atoms with Gasteiger partial charge in [-0.05, 0) is 65.2 Å². The second-order valence-electron chi connectivity index (χ2n) is 12.8. The quantitative estimate of drug-likeness (QED) is 0.136. The number of carbonyl (C=O) groups excluding carboxylic acids is 1. The summed E-state index contributed by atoms with van der Waals surface area (Å²) in [7, 11) is 3.43. The van der Waals surface area contributed by atoms with Crippen molar-refractivity contribution in [2.45, 2.75) is 5.54 Å². The lowest BCUT2D eigenvalue weighted by atomic mass is 9.77. The Morgan fingerprint density at radius 1 is 0.673 bits per heavy atom. The minimum atomic E-state index is -0.815. The number of hydrogen-bond donors (Lipinski definition) is 0. The molecule has 0 saturated heterocycles. The van der Waals surface area contributed by atoms with E-state index in [4.69, 9.17) is 9.84 Å². The molecule has 0 fully saturated rings. The van der Waals surface area contributed by atoms with E-state index < -0.39 is 5.54 Å². The molecule has 254 valence electrons. The van der Waals surface area contributed by atoms with Crippen molar-refractivity contribution in [3.63, 3.8) is 0 Å². The van der Waals surface area contributed by atoms with Crippen molar-refractivity contribution in [1.29, 1.82) is 0 Å². The smallest absolute Gasteiger partial charge is 0.259 e. The summed E-state index contributed by atoms with van der Waals surface area (Å²) in [4.78, 5) is 23.0. The molecule has 0 bridgehead atoms. The number of amides is 1. The molecule has 8 aromatic rings. The number of pyridine rings is 2. The molecule has 0 atom stereocenters. The predicted molar refractivity (Wildman–Crippen MR) is 204 cm³/mol. The van der Waals surface area contributed by atoms with Crippen molar-refractivity contribution >= 4 is 11.6 Å². The van der Waals surface area contributed by atoms with Gasteiger partial charge in [0, 0.05) is 49.4 Å². The number of ether oxygens (including phenoxy) is 1. The van der Waals surface area contributed by atoms with E-state index in [0.29, 0.717) is 5.75 Å². The van der Waals surface area contributed by atoms with E-state index in [1.165, 1.54) is 4.90 Å². The van der Waals surface area contributed by atoms with Crippen LogP contribution >= 0.6 is 0 Å². The molecule has 52 heavy (non-hydrogen) atoms. The Bertz CT molecular complexity index is 2340. The molecule has 1 amide bonds. The third kappa shape index (κ3) is 5.90. The molecular weight excluding hydrogens is 645 g/mol. The van der Waals surface area contributed by atoms with Gasteiger partial charge in [-0.1, -0.05) is 97.1 Å². The summed E-state index contributed by atoms with van der Waals surface area (Å²) in [6, 6.07) is 49.3. The van der Waals surface area contributed by atoms with Crippen LogP contribution in [0.2, 0.25) is 0 Å². The van der Waals surface area contributed by atoms with Gasteiger partial charge in [0.15, 0.2) is 6.61 Å². The molecule has 0 unspecified atom stereocenters. The van der Waals surface area contributed by atoms with E-state index in [9.17, 15) is 4.79 Å². The lowest BCUT2D eigenvalue weighted by Crippen LogP contribution is -2.38. The number of carbonyl (C=O) groups is 1. The molecule has 8 heteroatoms. The van der Waals surface area contributed by atoms with Crippen molar-refractivity contribution in [2.24, 2.45) is 0 Å². The Balaban J connectivity index is 1.36. The summed E-state index contributed by atoms with van der Waals surface area (Å²) in [6.07, 6.45) is 7.91. The maximum absolute atomic E-state index is 12.2. The minimum Gasteiger partial charge on any atom is -0.484 e. The Labute approximate surface area is 302 Å². The Morgan fingerprint density at radius 2 is 1.27 bits per heavy atom. The van der Waals surface area contributed by atoms with Crippen molar-refractivity contribution < 1.29 is 9.53 Å². The molecule has 0 N–H and O–H groups in total. The molecule has 8 nitrogen and oxygen atoms in total. The average molecular weight is 681 g/mol. The number of aromatic nitrogens is 5. The summed E-state index contributed by atoms with van der Waals surface area (Å²) in [5.74, 6) is 0.496. The van der Waals surface area contributed by atoms with Gasteiger partial charge >= 0.3 is 0 Å². The normalized spacial score (nSPS) is 11.4. The van der Waals surface area contributed by atoms with Crippen molar-refractivity contribution in [2.75, 3.05) is 20.7 Å². The Morgan fingerprint density at radius 3 is 1.85 bits per heavy atom. The Hall–Kier alpha value is -6.80. The van der Waals surface area contributed by atoms with Gasteiger partial charge < -0.3 is 9.64 Å². The number of fused-ring (bicyclic) bond motifs is 1. The van der Waals surface area contributed by atoms with Crippen LogP contribution in [0.3, 0.4) is 0 Å². The first-order chi connectivity index (χ1) is 25.5. The molecule has 8 rings (SSSR count). The fourth-order valence-corrected chi connectivity index (χ4v) is 6.73. The third-order valence-corrected chi connectivity index (χ3v) is 9.37. The van der Waals surface area contributed by atoms with E-state index in [0.717, 1.165) is 56.1 Å². The summed E-state index contributed by atoms with van der Waals surface area (Å²) in [5, 5.41) is 5.51. The van der Waals surface area contributed by atoms with Crippen LogP contribution in [0, 0.1) is 0 Å². The van der Waals surface area contributed by atoms with Crippen LogP contribution in [-0.4, -0.2) is 55.7 Å². The van der Waals surface area contributed by atoms with E-state index in [1.54, 1.807) is 20.3 Å². The highest BCUT2D eigenvalue weighted by Crippen LogP contribution is 2.43. The molecule has 4 aromatic heterocycles. The van der Waals surface area contributed by atoms with Gasteiger partial charge in [-0.2, -0.15) is 5.10 Å². The van der Waals surface area contributed by atoms with Gasteiger partial charge in [0.25, 0.3) is 5.91 Å². The molecule has 0 aliphatic heterocycles. The van der Waals surface area contributed by atoms with Crippen LogP contribution in [0.25, 0.3) is 39.4 Å². The molecule has 0 aliphatic rings. The predicted octanol–water partition coefficient (Wildman–Crippen LogP) is 8.23. The second kappa shape index (κ2) is 13.8. The zero-order chi connectivity index (χ0) is 35.5. The number of imidazole rings is 1. The van der Waals surface area contributed by atoms with Crippen molar-refractivity contribution in [3.05, 3.63) is 187 Å². The monoisotopic (exact) mass is 680 g/mol. The first-order valence-corrected chi connectivity index (χ1v) is 17.1. The highest BCUT2D eigenvalue weighted by molar-refractivity contribution is 5.82. The zero-order valence-corrected chi connectivity index (χ0v) is 28.9. The molecule has 0 radical (unpaired) electrons. The van der Waals surface area contributed by atoms with Gasteiger partial charge in [-0.25, -0.2) is 4.98 Å². The Kier molecular flexibility index (Phi) is 8.63. The third-order valence-electron chi connectivity index (χ3n) is 9.37. The summed E-state index contributed by atoms with van der Waals surface area (Å²) >= 11 is 0. The molecule has 4 heterocycles. The molecular formula is C44H36N6O2. The first kappa shape index (κ1) is 32.4. The van der Waals surface area contributed by atoms with Gasteiger partial charge in [-0.3, -0.25) is 18.9 Å². The molecule has 0 spiro atoms. The summed E-state index contributed by atoms with van der Waals surface area (Å²) < 4.78 is 10.0. The maximum Gasteiger partial charge on any atom is 0.259 e. The van der Waals surface area contributed by atoms with Crippen molar-refractivity contribution in [3.8, 4) is 39.5 Å². The number of nitrogens with zero attached hydrogens (tertiary/aromatic N) is 6. The van der Waals surface area contributed by atoms with Crippen LogP contribution in [0.4, 0.5) is 0 Å². The van der Waals surface area contributed by atoms with Gasteiger partial charge in [0.2, 0.25) is 0 Å². The molecule has 0 saturated carbocycles. The second-order valence-corrected chi connectivity index (χ2v) is 12.8. The SMILES string of the molecule is CN(C)C(=O)COc1ccc(-c2nn(C(c3ccccc3)(c3ccccc3)c3ccccc3)cc2-c2ccc3ncc(-c4ccccn4)n3c2)cc1. The topological polar surface area (TPSA) is 77.6 Å². The molecule has 4 aromatic carbocycles. The van der Waals surface area contributed by atoms with Crippen molar-refractivity contribution in [1.82, 2.24) is 29.0 Å². The van der Waals surface area contributed by atoms with E-state index >= 15 is 0 Å². The lowest BCUT2D eigenvalue weighted by Gasteiger charge is -2.36. The van der Waals surface area contributed by atoms with Crippen LogP contribution in [0.1, 0.15) is 16.7 Å². The fraction of sp³-hybridized carbons (Fsp3) is 0.0909. The highest BCUT2D eigenvalue weighted by atomic mass is 16.5. The van der Waals surface area contributed by atoms with Crippen LogP contribution in [0.15, 0.2) is 170 Å². The number of benzene rings is 4. The largest absolute Gasteiger partial charge is 0.484 e. The minimum absolute atomic E-state index is 0.0382. The highest BCUT2D eigenvalue weighted by Gasteiger charge is 2.40. The molecule has 0 aliphatic carbocycles. The van der Waals surface area contributed by atoms with E-state index in [1.807, 2.05) is 72.9 Å². The van der Waals surface area contributed by atoms with Crippen LogP contribution in [-0.2, 0) is 10.3 Å². The number of hydrogen-bond acceptors (Lipinski definition) is 5. The number of rotatable bonds is 10. The van der Waals surface area contributed by atoms with E-state index in [2.05, 4.69) is 110 Å². The lowest BCUT2D eigenvalue weighted by molar-refractivity contribution is -0.130. The number of likely N-dealkylation sites (N-methyl/N-ethyl adjacent to an activating group) is 1. The zero-order valence-electron chi connectivity index (χ0n) is 28.9. The van der Waals surface area contributed by atoms with Gasteiger partial charge in [-0.15, -0.1) is 0 Å². The standard InChI is InChI=1S/C44H36N6O2/c1-48(2)42(51)31-52-37-24-21-32(22-25-37)43-38(33-23-26-41-46-28-40(49(41)29-33)39-20-12-13-27-45-39)30-50(47-43)44(34-14-6-3-7-15-34,35-16-8-4-9-17-35)36-18-10-5-11-19-36/h3-30H,31H2,1-2H3. The van der Waals surface area contributed by atoms with Gasteiger partial charge in [0.05, 0.1) is 17.6 Å². The summed E-state index contributed by atoms with van der Waals surface area (Å²) in [5.41, 5.74) is 8.55. The van der Waals surface area contributed by atoms with E-state index in [-0.39, 0.29) is 12.5 Å². The van der Waals surface area contributed by atoms with Crippen LogP contribution in [0.5, 0.6) is 5.75 Å². The van der Waals surface area contributed by atoms with Crippen LogP contribution < -0.4 is 4.74 Å². The summed E-state index contributed by atoms with van der Waals surface area (Å²) in [6.45, 7) is -0.0382. The van der Waals surface area contributed by atoms with Gasteiger partial charge in [0.1, 0.15) is 22.6 Å². The first-order valence-electron chi connectivity index (χ1n) is 17.1. The fourth-order valence-electron chi connectivity index (χ4n) is 6.73.